The summed E-state index contributed by atoms with van der Waals surface area (Å²) in [6.45, 7) is 2.02. The van der Waals surface area contributed by atoms with Gasteiger partial charge in [-0.2, -0.15) is 0 Å². The van der Waals surface area contributed by atoms with Crippen LogP contribution in [0, 0.1) is 0 Å². The van der Waals surface area contributed by atoms with E-state index in [-0.39, 0.29) is 0 Å². The summed E-state index contributed by atoms with van der Waals surface area (Å²) >= 11 is 3.42. The lowest BCUT2D eigenvalue weighted by atomic mass is 10.00. The van der Waals surface area contributed by atoms with Crippen molar-refractivity contribution in [3.05, 3.63) is 27.7 Å². The first-order valence-electron chi connectivity index (χ1n) is 4.36. The number of hydrogen-bond donors (Lipinski definition) is 1. The predicted octanol–water partition coefficient (Wildman–Crippen LogP) is 2.14. The fourth-order valence-electron chi connectivity index (χ4n) is 1.71. The molecule has 0 aliphatic carbocycles. The van der Waals surface area contributed by atoms with Crippen molar-refractivity contribution in [2.24, 2.45) is 0 Å². The van der Waals surface area contributed by atoms with Crippen molar-refractivity contribution in [1.29, 1.82) is 0 Å². The topological polar surface area (TPSA) is 23.5 Å². The third-order valence-electron chi connectivity index (χ3n) is 2.51. The number of hydrogen-bond acceptors (Lipinski definition) is 2. The molecule has 70 valence electrons. The molecule has 1 aromatic rings. The van der Waals surface area contributed by atoms with Crippen molar-refractivity contribution in [3.8, 4) is 5.75 Å². The predicted molar refractivity (Wildman–Crippen MR) is 55.8 cm³/mol. The highest BCUT2D eigenvalue weighted by atomic mass is 79.9. The second-order valence-corrected chi connectivity index (χ2v) is 4.32. The summed E-state index contributed by atoms with van der Waals surface area (Å²) in [6.07, 6.45) is 1.07. The van der Waals surface area contributed by atoms with E-state index in [1.807, 2.05) is 6.07 Å². The fourth-order valence-corrected chi connectivity index (χ4v) is 2.23. The number of halogens is 1. The van der Waals surface area contributed by atoms with Gasteiger partial charge in [-0.3, -0.25) is 0 Å². The van der Waals surface area contributed by atoms with Crippen LogP contribution in [0.25, 0.3) is 0 Å². The smallest absolute Gasteiger partial charge is 0.130 e. The number of rotatable bonds is 0. The van der Waals surface area contributed by atoms with Crippen LogP contribution in [0.15, 0.2) is 16.6 Å². The lowest BCUT2D eigenvalue weighted by molar-refractivity contribution is 0.311. The number of phenols is 1. The monoisotopic (exact) mass is 241 g/mol. The summed E-state index contributed by atoms with van der Waals surface area (Å²) in [5.41, 5.74) is 2.58. The van der Waals surface area contributed by atoms with Gasteiger partial charge < -0.3 is 10.0 Å². The lowest BCUT2D eigenvalue weighted by Gasteiger charge is -2.26. The largest absolute Gasteiger partial charge is 0.507 e. The van der Waals surface area contributed by atoms with Crippen molar-refractivity contribution in [1.82, 2.24) is 4.90 Å². The van der Waals surface area contributed by atoms with Crippen molar-refractivity contribution in [2.45, 2.75) is 13.0 Å². The number of benzene rings is 1. The molecule has 1 N–H and O–H groups in total. The normalized spacial score (nSPS) is 17.1. The van der Waals surface area contributed by atoms with E-state index < -0.39 is 0 Å². The number of phenolic OH excluding ortho intramolecular Hbond substituents is 1. The molecule has 2 rings (SSSR count). The first-order valence-corrected chi connectivity index (χ1v) is 5.15. The molecule has 0 saturated heterocycles. The van der Waals surface area contributed by atoms with Gasteiger partial charge in [0.15, 0.2) is 0 Å². The van der Waals surface area contributed by atoms with E-state index in [0.717, 1.165) is 24.0 Å². The summed E-state index contributed by atoms with van der Waals surface area (Å²) in [5, 5.41) is 9.50. The zero-order valence-electron chi connectivity index (χ0n) is 7.55. The van der Waals surface area contributed by atoms with Gasteiger partial charge in [-0.25, -0.2) is 0 Å². The molecule has 0 atom stereocenters. The summed E-state index contributed by atoms with van der Waals surface area (Å²) < 4.78 is 0.858. The zero-order chi connectivity index (χ0) is 9.42. The molecule has 1 heterocycles. The van der Waals surface area contributed by atoms with Crippen LogP contribution < -0.4 is 0 Å². The maximum absolute atomic E-state index is 9.50. The third-order valence-corrected chi connectivity index (χ3v) is 3.40. The lowest BCUT2D eigenvalue weighted by Crippen LogP contribution is -2.26. The summed E-state index contributed by atoms with van der Waals surface area (Å²) in [4.78, 5) is 2.26. The zero-order valence-corrected chi connectivity index (χ0v) is 9.13. The Morgan fingerprint density at radius 2 is 2.23 bits per heavy atom. The first-order chi connectivity index (χ1) is 6.18. The molecule has 0 aromatic heterocycles. The third kappa shape index (κ3) is 1.58. The molecule has 0 fully saturated rings. The highest BCUT2D eigenvalue weighted by Crippen LogP contribution is 2.32. The molecular weight excluding hydrogens is 230 g/mol. The van der Waals surface area contributed by atoms with Gasteiger partial charge >= 0.3 is 0 Å². The Bertz CT molecular complexity index is 338. The average molecular weight is 242 g/mol. The number of likely N-dealkylation sites (N-methyl/N-ethyl adjacent to an activating group) is 1. The molecule has 0 saturated carbocycles. The Labute approximate surface area is 86.3 Å². The number of fused-ring (bicyclic) bond motifs is 1. The van der Waals surface area contributed by atoms with E-state index in [1.54, 1.807) is 6.07 Å². The summed E-state index contributed by atoms with van der Waals surface area (Å²) in [7, 11) is 2.10. The molecule has 1 aliphatic rings. The molecule has 13 heavy (non-hydrogen) atoms. The molecule has 3 heteroatoms. The van der Waals surface area contributed by atoms with Gasteiger partial charge in [0.2, 0.25) is 0 Å². The van der Waals surface area contributed by atoms with Crippen LogP contribution in [0.4, 0.5) is 0 Å². The number of aromatic hydroxyl groups is 1. The van der Waals surface area contributed by atoms with E-state index in [0.29, 0.717) is 5.75 Å². The highest BCUT2D eigenvalue weighted by Gasteiger charge is 2.17. The van der Waals surface area contributed by atoms with Gasteiger partial charge in [-0.15, -0.1) is 0 Å². The van der Waals surface area contributed by atoms with Crippen molar-refractivity contribution in [2.75, 3.05) is 13.6 Å². The van der Waals surface area contributed by atoms with E-state index in [4.69, 9.17) is 0 Å². The van der Waals surface area contributed by atoms with E-state index in [2.05, 4.69) is 27.9 Å². The summed E-state index contributed by atoms with van der Waals surface area (Å²) in [6, 6.07) is 3.77. The first kappa shape index (κ1) is 9.03. The molecule has 1 aromatic carbocycles. The van der Waals surface area contributed by atoms with Gasteiger partial charge in [-0.05, 0) is 46.6 Å². The minimum absolute atomic E-state index is 0.342. The van der Waals surface area contributed by atoms with Crippen LogP contribution in [-0.2, 0) is 13.0 Å². The van der Waals surface area contributed by atoms with Gasteiger partial charge in [-0.1, -0.05) is 6.07 Å². The van der Waals surface area contributed by atoms with Crippen molar-refractivity contribution in [3.63, 3.8) is 0 Å². The van der Waals surface area contributed by atoms with Crippen LogP contribution in [0.1, 0.15) is 11.1 Å². The molecule has 0 bridgehead atoms. The van der Waals surface area contributed by atoms with E-state index in [1.165, 1.54) is 11.1 Å². The van der Waals surface area contributed by atoms with Crippen LogP contribution in [0.3, 0.4) is 0 Å². The van der Waals surface area contributed by atoms with Crippen LogP contribution in [-0.4, -0.2) is 23.6 Å². The molecular formula is C10H12BrNO. The Morgan fingerprint density at radius 3 is 3.00 bits per heavy atom. The highest BCUT2D eigenvalue weighted by molar-refractivity contribution is 9.10. The molecule has 0 radical (unpaired) electrons. The van der Waals surface area contributed by atoms with Gasteiger partial charge in [0.05, 0.1) is 4.47 Å². The Hall–Kier alpha value is -0.540. The molecule has 0 spiro atoms. The molecule has 0 amide bonds. The van der Waals surface area contributed by atoms with E-state index >= 15 is 0 Å². The standard InChI is InChI=1S/C10H12BrNO/c1-12-5-4-7-2-3-9(13)10(11)8(7)6-12/h2-3,13H,4-6H2,1H3. The maximum atomic E-state index is 9.50. The van der Waals surface area contributed by atoms with Crippen molar-refractivity contribution >= 4 is 15.9 Å². The van der Waals surface area contributed by atoms with Crippen LogP contribution in [0.5, 0.6) is 5.75 Å². The van der Waals surface area contributed by atoms with Crippen LogP contribution in [0.2, 0.25) is 0 Å². The fraction of sp³-hybridized carbons (Fsp3) is 0.400. The van der Waals surface area contributed by atoms with Gasteiger partial charge in [0, 0.05) is 13.1 Å². The Kier molecular flexibility index (Phi) is 2.30. The summed E-state index contributed by atoms with van der Waals surface area (Å²) in [5.74, 6) is 0.342. The van der Waals surface area contributed by atoms with Gasteiger partial charge in [0.25, 0.3) is 0 Å². The molecule has 2 nitrogen and oxygen atoms in total. The molecule has 0 unspecified atom stereocenters. The maximum Gasteiger partial charge on any atom is 0.130 e. The SMILES string of the molecule is CN1CCc2ccc(O)c(Br)c2C1. The minimum atomic E-state index is 0.342. The average Bonchev–Trinajstić information content (AvgIpc) is 2.12. The minimum Gasteiger partial charge on any atom is -0.507 e. The Morgan fingerprint density at radius 1 is 1.46 bits per heavy atom. The van der Waals surface area contributed by atoms with Crippen LogP contribution >= 0.6 is 15.9 Å². The quantitative estimate of drug-likeness (QED) is 0.753. The second-order valence-electron chi connectivity index (χ2n) is 3.52. The van der Waals surface area contributed by atoms with Gasteiger partial charge in [0.1, 0.15) is 5.75 Å². The van der Waals surface area contributed by atoms with Crippen molar-refractivity contribution < 1.29 is 5.11 Å². The second kappa shape index (κ2) is 3.31. The molecule has 1 aliphatic heterocycles. The number of nitrogens with zero attached hydrogens (tertiary/aromatic N) is 1. The Balaban J connectivity index is 2.48. The van der Waals surface area contributed by atoms with E-state index in [9.17, 15) is 5.11 Å².